The Morgan fingerprint density at radius 3 is 2.75 bits per heavy atom. The molecule has 0 aliphatic rings. The minimum absolute atomic E-state index is 0.111. The maximum absolute atomic E-state index is 4.77. The van der Waals surface area contributed by atoms with Crippen molar-refractivity contribution in [2.75, 3.05) is 6.54 Å². The predicted octanol–water partition coefficient (Wildman–Crippen LogP) is 1.55. The highest BCUT2D eigenvalue weighted by Gasteiger charge is 1.80. The standard InChI is InChI=1S/C5H14NPS/c1-2-3-4-5-6-7-8/h2-5,7H2,1H3,(H,6,8). The fourth-order valence-corrected chi connectivity index (χ4v) is 1.21. The number of rotatable bonds is 5. The second kappa shape index (κ2) is 7.61. The fraction of sp³-hybridized carbons (Fsp3) is 1.00. The van der Waals surface area contributed by atoms with Gasteiger partial charge in [-0.3, -0.25) is 5.09 Å². The molecule has 0 rings (SSSR count). The molecule has 0 saturated carbocycles. The van der Waals surface area contributed by atoms with Gasteiger partial charge in [0.05, 0.1) is 0 Å². The van der Waals surface area contributed by atoms with Crippen LogP contribution in [0.2, 0.25) is 0 Å². The van der Waals surface area contributed by atoms with Crippen molar-refractivity contribution in [3.8, 4) is 0 Å². The summed E-state index contributed by atoms with van der Waals surface area (Å²) in [4.78, 5) is 0. The molecule has 0 spiro atoms. The van der Waals surface area contributed by atoms with Crippen molar-refractivity contribution in [2.45, 2.75) is 26.2 Å². The highest BCUT2D eigenvalue weighted by atomic mass is 32.4. The first-order valence-electron chi connectivity index (χ1n) is 3.09. The van der Waals surface area contributed by atoms with Crippen LogP contribution in [0.1, 0.15) is 26.2 Å². The number of hydrogen-bond donors (Lipinski definition) is 1. The largest absolute Gasteiger partial charge is 0.293 e. The first kappa shape index (κ1) is 8.61. The van der Waals surface area contributed by atoms with Crippen molar-refractivity contribution < 1.29 is 0 Å². The summed E-state index contributed by atoms with van der Waals surface area (Å²) in [7, 11) is 0.111. The van der Waals surface area contributed by atoms with Crippen molar-refractivity contribution >= 4 is 19.3 Å². The maximum atomic E-state index is 4.77. The van der Waals surface area contributed by atoms with Crippen LogP contribution in [0, 0.1) is 0 Å². The molecule has 0 saturated heterocycles. The second-order valence-corrected chi connectivity index (χ2v) is 3.13. The van der Waals surface area contributed by atoms with E-state index in [0.29, 0.717) is 0 Å². The van der Waals surface area contributed by atoms with E-state index >= 15 is 0 Å². The normalized spacial score (nSPS) is 11.1. The zero-order chi connectivity index (χ0) is 6.24. The molecular weight excluding hydrogens is 137 g/mol. The summed E-state index contributed by atoms with van der Waals surface area (Å²) in [6.45, 7) is 3.34. The van der Waals surface area contributed by atoms with E-state index in [0.717, 1.165) is 6.54 Å². The zero-order valence-electron chi connectivity index (χ0n) is 5.31. The lowest BCUT2D eigenvalue weighted by atomic mass is 10.3. The minimum Gasteiger partial charge on any atom is -0.293 e. The van der Waals surface area contributed by atoms with Gasteiger partial charge in [0.15, 0.2) is 0 Å². The summed E-state index contributed by atoms with van der Waals surface area (Å²) in [6.07, 6.45) is 3.93. The third-order valence-electron chi connectivity index (χ3n) is 1.01. The van der Waals surface area contributed by atoms with E-state index in [-0.39, 0.29) is 7.51 Å². The Labute approximate surface area is 57.8 Å². The molecule has 0 aliphatic carbocycles. The van der Waals surface area contributed by atoms with Gasteiger partial charge in [-0.25, -0.2) is 0 Å². The van der Waals surface area contributed by atoms with E-state index in [4.69, 9.17) is 11.8 Å². The van der Waals surface area contributed by atoms with Crippen molar-refractivity contribution in [3.63, 3.8) is 0 Å². The summed E-state index contributed by atoms with van der Waals surface area (Å²) in [5.41, 5.74) is 0. The van der Waals surface area contributed by atoms with Gasteiger partial charge in [-0.15, -0.1) is 0 Å². The van der Waals surface area contributed by atoms with Gasteiger partial charge >= 0.3 is 0 Å². The van der Waals surface area contributed by atoms with Crippen molar-refractivity contribution in [1.82, 2.24) is 5.09 Å². The molecule has 8 heavy (non-hydrogen) atoms. The van der Waals surface area contributed by atoms with Crippen LogP contribution in [-0.2, 0) is 11.8 Å². The average Bonchev–Trinajstić information content (AvgIpc) is 1.81. The average molecular weight is 151 g/mol. The van der Waals surface area contributed by atoms with E-state index in [1.807, 2.05) is 0 Å². The molecular formula is C5H14NPS. The van der Waals surface area contributed by atoms with Crippen molar-refractivity contribution in [3.05, 3.63) is 0 Å². The van der Waals surface area contributed by atoms with Crippen molar-refractivity contribution in [2.24, 2.45) is 0 Å². The van der Waals surface area contributed by atoms with Crippen molar-refractivity contribution in [1.29, 1.82) is 0 Å². The van der Waals surface area contributed by atoms with Crippen LogP contribution >= 0.6 is 7.51 Å². The third kappa shape index (κ3) is 6.61. The number of unbranched alkanes of at least 4 members (excludes halogenated alkanes) is 2. The lowest BCUT2D eigenvalue weighted by Crippen LogP contribution is -1.99. The molecule has 0 aromatic heterocycles. The fourth-order valence-electron chi connectivity index (χ4n) is 0.536. The van der Waals surface area contributed by atoms with Gasteiger partial charge in [0.1, 0.15) is 0 Å². The Morgan fingerprint density at radius 2 is 2.25 bits per heavy atom. The summed E-state index contributed by atoms with van der Waals surface area (Å²) in [6, 6.07) is 0. The molecule has 50 valence electrons. The highest BCUT2D eigenvalue weighted by molar-refractivity contribution is 7.95. The Morgan fingerprint density at radius 1 is 1.50 bits per heavy atom. The molecule has 0 aliphatic heterocycles. The zero-order valence-corrected chi connectivity index (χ0v) is 7.29. The molecule has 0 bridgehead atoms. The van der Waals surface area contributed by atoms with E-state index in [1.54, 1.807) is 0 Å². The van der Waals surface area contributed by atoms with Crippen LogP contribution in [0.4, 0.5) is 0 Å². The first-order valence-corrected chi connectivity index (χ1v) is 5.55. The van der Waals surface area contributed by atoms with Gasteiger partial charge in [-0.2, -0.15) is 0 Å². The number of hydrogen-bond acceptors (Lipinski definition) is 1. The van der Waals surface area contributed by atoms with Gasteiger partial charge < -0.3 is 0 Å². The molecule has 0 aromatic rings. The molecule has 0 radical (unpaired) electrons. The molecule has 0 amide bonds. The molecule has 0 aromatic carbocycles. The summed E-state index contributed by atoms with van der Waals surface area (Å²) >= 11 is 4.77. The highest BCUT2D eigenvalue weighted by Crippen LogP contribution is 1.92. The van der Waals surface area contributed by atoms with Crippen LogP contribution in [0.25, 0.3) is 0 Å². The van der Waals surface area contributed by atoms with Gasteiger partial charge in [0.25, 0.3) is 0 Å². The molecule has 0 heterocycles. The van der Waals surface area contributed by atoms with Gasteiger partial charge in [0, 0.05) is 0 Å². The third-order valence-corrected chi connectivity index (χ3v) is 1.96. The van der Waals surface area contributed by atoms with Crippen LogP contribution in [0.5, 0.6) is 0 Å². The maximum Gasteiger partial charge on any atom is -0.000785 e. The smallest absolute Gasteiger partial charge is 0.000785 e. The summed E-state index contributed by atoms with van der Waals surface area (Å²) in [5.74, 6) is 0. The van der Waals surface area contributed by atoms with Crippen LogP contribution < -0.4 is 5.09 Å². The second-order valence-electron chi connectivity index (χ2n) is 1.78. The summed E-state index contributed by atoms with van der Waals surface area (Å²) < 4.78 is 0. The Balaban J connectivity index is 2.62. The molecule has 1 atom stereocenters. The van der Waals surface area contributed by atoms with Crippen LogP contribution in [-0.4, -0.2) is 6.54 Å². The Kier molecular flexibility index (Phi) is 8.19. The molecule has 1 nitrogen and oxygen atoms in total. The molecule has 1 unspecified atom stereocenters. The molecule has 1 N–H and O–H groups in total. The van der Waals surface area contributed by atoms with Gasteiger partial charge in [0.2, 0.25) is 0 Å². The lowest BCUT2D eigenvalue weighted by molar-refractivity contribution is 0.709. The van der Waals surface area contributed by atoms with Gasteiger partial charge in [-0.1, -0.05) is 31.6 Å². The topological polar surface area (TPSA) is 12.0 Å². The summed E-state index contributed by atoms with van der Waals surface area (Å²) in [5, 5.41) is 3.18. The Bertz CT molecular complexity index is 58.4. The predicted molar refractivity (Wildman–Crippen MR) is 44.6 cm³/mol. The molecule has 0 fully saturated rings. The van der Waals surface area contributed by atoms with Crippen LogP contribution in [0.15, 0.2) is 0 Å². The van der Waals surface area contributed by atoms with E-state index in [1.165, 1.54) is 19.3 Å². The Hall–Kier alpha value is 0.610. The van der Waals surface area contributed by atoms with E-state index in [2.05, 4.69) is 12.0 Å². The van der Waals surface area contributed by atoms with Gasteiger partial charge in [-0.05, 0) is 20.5 Å². The quantitative estimate of drug-likeness (QED) is 0.472. The molecule has 3 heteroatoms. The lowest BCUT2D eigenvalue weighted by Gasteiger charge is -1.94. The number of nitrogens with one attached hydrogen (secondary N) is 1. The first-order chi connectivity index (χ1) is 3.91. The monoisotopic (exact) mass is 151 g/mol. The van der Waals surface area contributed by atoms with E-state index in [9.17, 15) is 0 Å². The SMILES string of the molecule is CCCCCN[PH2]=S. The van der Waals surface area contributed by atoms with E-state index < -0.39 is 0 Å². The minimum atomic E-state index is 0.111. The van der Waals surface area contributed by atoms with Crippen LogP contribution in [0.3, 0.4) is 0 Å².